The van der Waals surface area contributed by atoms with Gasteiger partial charge in [0.25, 0.3) is 0 Å². The van der Waals surface area contributed by atoms with Gasteiger partial charge in [0, 0.05) is 6.04 Å². The van der Waals surface area contributed by atoms with E-state index in [0.717, 1.165) is 0 Å². The summed E-state index contributed by atoms with van der Waals surface area (Å²) in [5.41, 5.74) is 0.714. The molecule has 1 atom stereocenters. The fourth-order valence-electron chi connectivity index (χ4n) is 1.91. The predicted molar refractivity (Wildman–Crippen MR) is 76.3 cm³/mol. The van der Waals surface area contributed by atoms with Crippen molar-refractivity contribution in [3.8, 4) is 6.07 Å². The van der Waals surface area contributed by atoms with E-state index in [1.807, 2.05) is 6.07 Å². The van der Waals surface area contributed by atoms with Crippen LogP contribution in [0.5, 0.6) is 0 Å². The first-order valence-corrected chi connectivity index (χ1v) is 7.69. The Morgan fingerprint density at radius 1 is 1.14 bits per heavy atom. The van der Waals surface area contributed by atoms with E-state index in [1.165, 1.54) is 36.4 Å². The first-order valence-electron chi connectivity index (χ1n) is 6.21. The lowest BCUT2D eigenvalue weighted by Crippen LogP contribution is -2.27. The topological polar surface area (TPSA) is 70.0 Å². The molecule has 1 N–H and O–H groups in total. The molecule has 0 saturated heterocycles. The Morgan fingerprint density at radius 3 is 2.38 bits per heavy atom. The molecule has 2 aromatic carbocycles. The standard InChI is InChI=1S/C15H13FN2O2S/c1-11(12-6-8-14(16)9-7-12)18-21(19,20)15-5-3-2-4-13(15)10-17/h2-9,11,18H,1H3/t11-/m1/s1. The van der Waals surface area contributed by atoms with Crippen molar-refractivity contribution in [2.24, 2.45) is 0 Å². The maximum atomic E-state index is 12.9. The second-order valence-electron chi connectivity index (χ2n) is 4.50. The fourth-order valence-corrected chi connectivity index (χ4v) is 3.30. The average molecular weight is 304 g/mol. The summed E-state index contributed by atoms with van der Waals surface area (Å²) in [6.07, 6.45) is 0. The van der Waals surface area contributed by atoms with Crippen LogP contribution < -0.4 is 4.72 Å². The van der Waals surface area contributed by atoms with Gasteiger partial charge < -0.3 is 0 Å². The number of rotatable bonds is 4. The zero-order valence-electron chi connectivity index (χ0n) is 11.2. The number of hydrogen-bond acceptors (Lipinski definition) is 3. The van der Waals surface area contributed by atoms with E-state index in [9.17, 15) is 12.8 Å². The summed E-state index contributed by atoms with van der Waals surface area (Å²) in [4.78, 5) is -0.0681. The molecule has 0 unspecified atom stereocenters. The summed E-state index contributed by atoms with van der Waals surface area (Å²) in [6, 6.07) is 12.8. The molecule has 6 heteroatoms. The summed E-state index contributed by atoms with van der Waals surface area (Å²) in [5.74, 6) is -0.386. The highest BCUT2D eigenvalue weighted by atomic mass is 32.2. The van der Waals surface area contributed by atoms with E-state index < -0.39 is 16.1 Å². The summed E-state index contributed by atoms with van der Waals surface area (Å²) >= 11 is 0. The van der Waals surface area contributed by atoms with Crippen molar-refractivity contribution >= 4 is 10.0 Å². The highest BCUT2D eigenvalue weighted by Crippen LogP contribution is 2.19. The normalized spacial score (nSPS) is 12.6. The Hall–Kier alpha value is -2.23. The van der Waals surface area contributed by atoms with Crippen LogP contribution in [0.1, 0.15) is 24.1 Å². The van der Waals surface area contributed by atoms with E-state index in [4.69, 9.17) is 5.26 Å². The molecule has 2 aromatic rings. The van der Waals surface area contributed by atoms with Crippen LogP contribution in [0.15, 0.2) is 53.4 Å². The Kier molecular flexibility index (Phi) is 4.36. The number of halogens is 1. The molecule has 0 amide bonds. The van der Waals surface area contributed by atoms with Gasteiger partial charge in [0.2, 0.25) is 10.0 Å². The predicted octanol–water partition coefficient (Wildman–Crippen LogP) is 2.74. The Morgan fingerprint density at radius 2 is 1.76 bits per heavy atom. The van der Waals surface area contributed by atoms with Crippen LogP contribution in [0.4, 0.5) is 4.39 Å². The maximum absolute atomic E-state index is 12.9. The van der Waals surface area contributed by atoms with Crippen LogP contribution in [0, 0.1) is 17.1 Å². The maximum Gasteiger partial charge on any atom is 0.242 e. The molecule has 0 aromatic heterocycles. The molecule has 21 heavy (non-hydrogen) atoms. The van der Waals surface area contributed by atoms with Crippen LogP contribution in [0.25, 0.3) is 0 Å². The van der Waals surface area contributed by atoms with E-state index >= 15 is 0 Å². The van der Waals surface area contributed by atoms with Crippen molar-refractivity contribution in [2.45, 2.75) is 17.9 Å². The van der Waals surface area contributed by atoms with Crippen molar-refractivity contribution in [1.29, 1.82) is 5.26 Å². The minimum atomic E-state index is -3.83. The van der Waals surface area contributed by atoms with Crippen LogP contribution in [-0.4, -0.2) is 8.42 Å². The summed E-state index contributed by atoms with van der Waals surface area (Å²) in [6.45, 7) is 1.65. The number of hydrogen-bond donors (Lipinski definition) is 1. The summed E-state index contributed by atoms with van der Waals surface area (Å²) in [5, 5.41) is 8.98. The number of sulfonamides is 1. The molecular formula is C15H13FN2O2S. The number of nitriles is 1. The largest absolute Gasteiger partial charge is 0.242 e. The Labute approximate surface area is 122 Å². The van der Waals surface area contributed by atoms with Crippen molar-refractivity contribution in [1.82, 2.24) is 4.72 Å². The molecule has 0 aliphatic carbocycles. The molecule has 4 nitrogen and oxygen atoms in total. The highest BCUT2D eigenvalue weighted by molar-refractivity contribution is 7.89. The molecule has 0 aliphatic heterocycles. The van der Waals surface area contributed by atoms with Crippen molar-refractivity contribution in [2.75, 3.05) is 0 Å². The number of nitrogens with one attached hydrogen (secondary N) is 1. The first-order chi connectivity index (χ1) is 9.94. The minimum absolute atomic E-state index is 0.0681. The van der Waals surface area contributed by atoms with Gasteiger partial charge in [-0.1, -0.05) is 24.3 Å². The lowest BCUT2D eigenvalue weighted by atomic mass is 10.1. The molecular weight excluding hydrogens is 291 g/mol. The number of benzene rings is 2. The van der Waals surface area contributed by atoms with Gasteiger partial charge in [0.1, 0.15) is 11.9 Å². The number of nitrogens with zero attached hydrogens (tertiary/aromatic N) is 1. The molecule has 0 spiro atoms. The molecule has 0 heterocycles. The molecule has 108 valence electrons. The average Bonchev–Trinajstić information content (AvgIpc) is 2.47. The molecule has 0 fully saturated rings. The van der Waals surface area contributed by atoms with Gasteiger partial charge >= 0.3 is 0 Å². The Bertz CT molecular complexity index is 780. The van der Waals surface area contributed by atoms with Gasteiger partial charge in [0.05, 0.1) is 10.5 Å². The van der Waals surface area contributed by atoms with Gasteiger partial charge in [-0.15, -0.1) is 0 Å². The van der Waals surface area contributed by atoms with Crippen LogP contribution in [-0.2, 0) is 10.0 Å². The summed E-state index contributed by atoms with van der Waals surface area (Å²) in [7, 11) is -3.83. The van der Waals surface area contributed by atoms with E-state index in [-0.39, 0.29) is 16.3 Å². The van der Waals surface area contributed by atoms with Crippen LogP contribution in [0.2, 0.25) is 0 Å². The third-order valence-corrected chi connectivity index (χ3v) is 4.60. The minimum Gasteiger partial charge on any atom is -0.207 e. The van der Waals surface area contributed by atoms with Crippen molar-refractivity contribution in [3.63, 3.8) is 0 Å². The van der Waals surface area contributed by atoms with Crippen molar-refractivity contribution < 1.29 is 12.8 Å². The second kappa shape index (κ2) is 6.04. The van der Waals surface area contributed by atoms with Crippen molar-refractivity contribution in [3.05, 3.63) is 65.5 Å². The van der Waals surface area contributed by atoms with Gasteiger partial charge in [0.15, 0.2) is 0 Å². The first kappa shape index (κ1) is 15.2. The van der Waals surface area contributed by atoms with Gasteiger partial charge in [-0.05, 0) is 36.8 Å². The lowest BCUT2D eigenvalue weighted by Gasteiger charge is -2.15. The van der Waals surface area contributed by atoms with Gasteiger partial charge in [-0.2, -0.15) is 5.26 Å². The quantitative estimate of drug-likeness (QED) is 0.944. The van der Waals surface area contributed by atoms with Gasteiger partial charge in [-0.25, -0.2) is 17.5 Å². The molecule has 2 rings (SSSR count). The van der Waals surface area contributed by atoms with Gasteiger partial charge in [-0.3, -0.25) is 0 Å². The Balaban J connectivity index is 2.29. The SMILES string of the molecule is C[C@@H](NS(=O)(=O)c1ccccc1C#N)c1ccc(F)cc1. The van der Waals surface area contributed by atoms with Crippen LogP contribution >= 0.6 is 0 Å². The van der Waals surface area contributed by atoms with Crippen LogP contribution in [0.3, 0.4) is 0 Å². The third kappa shape index (κ3) is 3.45. The molecule has 0 radical (unpaired) electrons. The molecule has 0 saturated carbocycles. The second-order valence-corrected chi connectivity index (χ2v) is 6.18. The zero-order valence-corrected chi connectivity index (χ0v) is 12.1. The smallest absolute Gasteiger partial charge is 0.207 e. The summed E-state index contributed by atoms with van der Waals surface area (Å²) < 4.78 is 40.0. The van der Waals surface area contributed by atoms with E-state index in [0.29, 0.717) is 5.56 Å². The fraction of sp³-hybridized carbons (Fsp3) is 0.133. The van der Waals surface area contributed by atoms with E-state index in [1.54, 1.807) is 19.1 Å². The monoisotopic (exact) mass is 304 g/mol. The molecule has 0 bridgehead atoms. The highest BCUT2D eigenvalue weighted by Gasteiger charge is 2.21. The molecule has 0 aliphatic rings. The van der Waals surface area contributed by atoms with E-state index in [2.05, 4.69) is 4.72 Å². The third-order valence-electron chi connectivity index (χ3n) is 3.00. The lowest BCUT2D eigenvalue weighted by molar-refractivity contribution is 0.566. The zero-order chi connectivity index (χ0) is 15.5.